The van der Waals surface area contributed by atoms with Crippen molar-refractivity contribution in [3.8, 4) is 0 Å². The molecule has 1 heterocycles. The monoisotopic (exact) mass is 388 g/mol. The van der Waals surface area contributed by atoms with E-state index in [9.17, 15) is 4.57 Å². The molecule has 0 bridgehead atoms. The lowest BCUT2D eigenvalue weighted by Gasteiger charge is -2.08. The number of tetrazole rings is 1. The molecular weight excluding hydrogens is 368 g/mol. The van der Waals surface area contributed by atoms with Gasteiger partial charge in [0, 0.05) is 19.3 Å². The summed E-state index contributed by atoms with van der Waals surface area (Å²) in [5.74, 6) is 0.837. The quantitative estimate of drug-likeness (QED) is 0.160. The molecule has 0 radical (unpaired) electrons. The Labute approximate surface area is 137 Å². The van der Waals surface area contributed by atoms with Crippen LogP contribution in [0.5, 0.6) is 0 Å². The van der Waals surface area contributed by atoms with Gasteiger partial charge in [-0.1, -0.05) is 24.6 Å². The first kappa shape index (κ1) is 20.6. The van der Waals surface area contributed by atoms with E-state index in [-0.39, 0.29) is 6.54 Å². The second-order valence-electron chi connectivity index (χ2n) is 4.64. The van der Waals surface area contributed by atoms with E-state index in [1.165, 1.54) is 11.8 Å². The zero-order chi connectivity index (χ0) is 17.5. The summed E-state index contributed by atoms with van der Waals surface area (Å²) in [4.78, 5) is 48.2. The maximum atomic E-state index is 11.0. The fourth-order valence-corrected chi connectivity index (χ4v) is 4.44. The van der Waals surface area contributed by atoms with E-state index in [1.54, 1.807) is 11.7 Å². The molecule has 5 N–H and O–H groups in total. The highest BCUT2D eigenvalue weighted by molar-refractivity contribution is 8.00. The molecule has 0 aromatic carbocycles. The number of aryl methyl sites for hydroxylation is 1. The van der Waals surface area contributed by atoms with Crippen LogP contribution in [0.4, 0.5) is 0 Å². The molecule has 0 spiro atoms. The number of hydrogen-bond acceptors (Lipinski definition) is 9. The zero-order valence-corrected chi connectivity index (χ0v) is 15.0. The zero-order valence-electron chi connectivity index (χ0n) is 12.4. The normalized spacial score (nSPS) is 13.6. The van der Waals surface area contributed by atoms with Crippen molar-refractivity contribution in [2.45, 2.75) is 30.8 Å². The van der Waals surface area contributed by atoms with E-state index in [1.807, 2.05) is 0 Å². The summed E-state index contributed by atoms with van der Waals surface area (Å²) in [5.41, 5.74) is 0. The molecule has 11 nitrogen and oxygen atoms in total. The summed E-state index contributed by atoms with van der Waals surface area (Å²) in [5, 5.41) is 10.6. The van der Waals surface area contributed by atoms with Crippen molar-refractivity contribution in [1.82, 2.24) is 20.2 Å². The highest BCUT2D eigenvalue weighted by Crippen LogP contribution is 2.60. The second-order valence-corrected chi connectivity index (χ2v) is 9.13. The topological polar surface area (TPSA) is 174 Å². The average molecular weight is 388 g/mol. The Bertz CT molecular complexity index is 571. The third kappa shape index (κ3) is 7.77. The predicted octanol–water partition coefficient (Wildman–Crippen LogP) is 0.136. The Morgan fingerprint density at radius 2 is 1.91 bits per heavy atom. The lowest BCUT2D eigenvalue weighted by Crippen LogP contribution is -2.07. The largest absolute Gasteiger partial charge is 0.469 e. The van der Waals surface area contributed by atoms with Crippen molar-refractivity contribution >= 4 is 32.5 Å². The van der Waals surface area contributed by atoms with E-state index < -0.39 is 20.7 Å². The lowest BCUT2D eigenvalue weighted by molar-refractivity contribution is 0.348. The van der Waals surface area contributed by atoms with Crippen LogP contribution in [0, 0.1) is 0 Å². The van der Waals surface area contributed by atoms with Crippen molar-refractivity contribution in [3.63, 3.8) is 0 Å². The van der Waals surface area contributed by atoms with Gasteiger partial charge in [-0.2, -0.15) is 14.7 Å². The molecule has 0 saturated heterocycles. The number of nitrogens with zero attached hydrogens (tertiary/aromatic N) is 5. The van der Waals surface area contributed by atoms with Crippen LogP contribution in [0.3, 0.4) is 0 Å². The first-order valence-electron chi connectivity index (χ1n) is 6.66. The van der Waals surface area contributed by atoms with Crippen LogP contribution in [0.1, 0.15) is 25.7 Å². The van der Waals surface area contributed by atoms with E-state index in [0.717, 1.165) is 30.2 Å². The smallest absolute Gasteiger partial charge is 0.317 e. The summed E-state index contributed by atoms with van der Waals surface area (Å²) in [6.45, 7) is 0.00419. The minimum absolute atomic E-state index is 0.00419. The van der Waals surface area contributed by atoms with Gasteiger partial charge < -0.3 is 9.79 Å². The highest BCUT2D eigenvalue weighted by Gasteiger charge is 2.51. The Morgan fingerprint density at radius 3 is 2.43 bits per heavy atom. The molecule has 132 valence electrons. The van der Waals surface area contributed by atoms with Crippen molar-refractivity contribution in [2.24, 2.45) is 12.0 Å². The number of unbranched alkanes of at least 4 members (excludes halogenated alkanes) is 3. The van der Waals surface area contributed by atoms with Gasteiger partial charge in [-0.05, 0) is 23.3 Å². The fraction of sp³-hybridized carbons (Fsp3) is 0.778. The maximum absolute atomic E-state index is 11.0. The molecule has 0 atom stereocenters. The van der Waals surface area contributed by atoms with Crippen molar-refractivity contribution in [2.75, 3.05) is 12.3 Å². The molecule has 23 heavy (non-hydrogen) atoms. The SMILES string of the molecule is Cn1nnnc1SCCCCCCN=C(P(=O)(O)O)[P+](O)(O)O. The van der Waals surface area contributed by atoms with Gasteiger partial charge in [-0.3, -0.25) is 0 Å². The molecular formula is C9H20N5O6P2S+. The number of rotatable bonds is 10. The molecule has 1 aromatic heterocycles. The maximum Gasteiger partial charge on any atom is 0.469 e. The minimum Gasteiger partial charge on any atom is -0.317 e. The Balaban J connectivity index is 2.22. The van der Waals surface area contributed by atoms with Gasteiger partial charge in [0.25, 0.3) is 0 Å². The summed E-state index contributed by atoms with van der Waals surface area (Å²) in [6, 6.07) is 0. The van der Waals surface area contributed by atoms with E-state index >= 15 is 0 Å². The van der Waals surface area contributed by atoms with Crippen LogP contribution in [-0.4, -0.2) is 62.2 Å². The molecule has 1 rings (SSSR count). The summed E-state index contributed by atoms with van der Waals surface area (Å²) >= 11 is 1.53. The number of hydrogen-bond donors (Lipinski definition) is 5. The van der Waals surface area contributed by atoms with Gasteiger partial charge in [-0.15, -0.1) is 5.10 Å². The fourth-order valence-electron chi connectivity index (χ4n) is 1.62. The molecule has 0 aliphatic heterocycles. The average Bonchev–Trinajstić information content (AvgIpc) is 2.79. The third-order valence-corrected chi connectivity index (χ3v) is 6.67. The molecule has 0 aliphatic carbocycles. The van der Waals surface area contributed by atoms with Crippen LogP contribution < -0.4 is 0 Å². The van der Waals surface area contributed by atoms with E-state index in [4.69, 9.17) is 24.5 Å². The van der Waals surface area contributed by atoms with Crippen molar-refractivity contribution < 1.29 is 29.0 Å². The van der Waals surface area contributed by atoms with Gasteiger partial charge >= 0.3 is 20.7 Å². The first-order chi connectivity index (χ1) is 10.6. The lowest BCUT2D eigenvalue weighted by atomic mass is 10.2. The molecule has 14 heteroatoms. The van der Waals surface area contributed by atoms with Crippen LogP contribution in [0.25, 0.3) is 0 Å². The van der Waals surface area contributed by atoms with Gasteiger partial charge in [-0.25, -0.2) is 14.2 Å². The third-order valence-electron chi connectivity index (χ3n) is 2.65. The predicted molar refractivity (Wildman–Crippen MR) is 85.9 cm³/mol. The van der Waals surface area contributed by atoms with Gasteiger partial charge in [0.1, 0.15) is 0 Å². The molecule has 0 fully saturated rings. The van der Waals surface area contributed by atoms with Crippen molar-refractivity contribution in [3.05, 3.63) is 0 Å². The van der Waals surface area contributed by atoms with Gasteiger partial charge in [0.05, 0.1) is 0 Å². The van der Waals surface area contributed by atoms with Gasteiger partial charge in [0.2, 0.25) is 5.16 Å². The number of aromatic nitrogens is 4. The highest BCUT2D eigenvalue weighted by atomic mass is 32.2. The number of aliphatic imine (C=N–C) groups is 1. The molecule has 0 aliphatic rings. The Morgan fingerprint density at radius 1 is 1.26 bits per heavy atom. The van der Waals surface area contributed by atoms with E-state index in [2.05, 4.69) is 20.5 Å². The Kier molecular flexibility index (Phi) is 8.19. The molecule has 0 unspecified atom stereocenters. The van der Waals surface area contributed by atoms with Crippen LogP contribution in [-0.2, 0) is 11.6 Å². The summed E-state index contributed by atoms with van der Waals surface area (Å²) in [6.07, 6.45) is 3.04. The summed E-state index contributed by atoms with van der Waals surface area (Å²) in [7, 11) is -8.00. The summed E-state index contributed by atoms with van der Waals surface area (Å²) < 4.78 is 12.6. The number of thioether (sulfide) groups is 1. The first-order valence-corrected chi connectivity index (χ1v) is 10.9. The van der Waals surface area contributed by atoms with E-state index in [0.29, 0.717) is 6.42 Å². The second kappa shape index (κ2) is 9.14. The molecule has 0 saturated carbocycles. The van der Waals surface area contributed by atoms with Crippen LogP contribution in [0.15, 0.2) is 10.1 Å². The van der Waals surface area contributed by atoms with Crippen LogP contribution >= 0.6 is 27.3 Å². The van der Waals surface area contributed by atoms with Crippen molar-refractivity contribution in [1.29, 1.82) is 0 Å². The molecule has 1 aromatic rings. The minimum atomic E-state index is -4.97. The van der Waals surface area contributed by atoms with Crippen LogP contribution in [0.2, 0.25) is 0 Å². The molecule has 0 amide bonds. The standard InChI is InChI=1S/C9H19N5O6P2S/c1-14-8(11-12-13-14)23-7-5-3-2-4-6-10-9(21(15,16)17)22(18,19)20/h15-17H,2-7H2,1H3,(H-,18,19,20)/p+1. The Hall–Kier alpha value is -0.450. The van der Waals surface area contributed by atoms with Gasteiger partial charge in [0.15, 0.2) is 0 Å².